The molecule has 2 aromatic rings. The van der Waals surface area contributed by atoms with Crippen LogP contribution in [0, 0.1) is 16.0 Å². The number of rotatable bonds is 9. The zero-order chi connectivity index (χ0) is 22.2. The Labute approximate surface area is 182 Å². The van der Waals surface area contributed by atoms with Crippen molar-refractivity contribution in [3.63, 3.8) is 0 Å². The molecule has 0 amide bonds. The van der Waals surface area contributed by atoms with Crippen LogP contribution in [0.25, 0.3) is 0 Å². The van der Waals surface area contributed by atoms with E-state index in [0.29, 0.717) is 50.7 Å². The second kappa shape index (κ2) is 10.7. The lowest BCUT2D eigenvalue weighted by Crippen LogP contribution is -2.38. The van der Waals surface area contributed by atoms with Gasteiger partial charge in [0, 0.05) is 25.3 Å². The van der Waals surface area contributed by atoms with E-state index in [-0.39, 0.29) is 17.6 Å². The highest BCUT2D eigenvalue weighted by atomic mass is 16.6. The number of unbranched alkanes of at least 4 members (excludes halogenated alkanes) is 1. The fourth-order valence-electron chi connectivity index (χ4n) is 3.82. The SMILES string of the molecule is CCCCN(c1ccccc1)c1ncnc(N2CCC(C(=O)OCC)CC2)c1[N+](=O)[O-]. The fraction of sp³-hybridized carbons (Fsp3) is 0.500. The first-order valence-electron chi connectivity index (χ1n) is 10.8. The van der Waals surface area contributed by atoms with Gasteiger partial charge in [0.15, 0.2) is 0 Å². The van der Waals surface area contributed by atoms with Crippen LogP contribution in [-0.4, -0.2) is 47.1 Å². The van der Waals surface area contributed by atoms with Gasteiger partial charge in [-0.15, -0.1) is 0 Å². The molecule has 1 saturated heterocycles. The molecule has 166 valence electrons. The van der Waals surface area contributed by atoms with Gasteiger partial charge in [-0.2, -0.15) is 0 Å². The van der Waals surface area contributed by atoms with Gasteiger partial charge >= 0.3 is 11.7 Å². The molecule has 1 aliphatic rings. The van der Waals surface area contributed by atoms with Gasteiger partial charge in [-0.05, 0) is 38.3 Å². The minimum Gasteiger partial charge on any atom is -0.466 e. The third-order valence-corrected chi connectivity index (χ3v) is 5.44. The zero-order valence-corrected chi connectivity index (χ0v) is 18.1. The first kappa shape index (κ1) is 22.5. The van der Waals surface area contributed by atoms with Crippen molar-refractivity contribution in [3.05, 3.63) is 46.8 Å². The van der Waals surface area contributed by atoms with Gasteiger partial charge in [0.05, 0.1) is 17.4 Å². The monoisotopic (exact) mass is 427 g/mol. The molecule has 0 N–H and O–H groups in total. The standard InChI is InChI=1S/C22H29N5O4/c1-3-5-13-26(18-9-7-6-8-10-18)21-19(27(29)30)20(23-16-24-21)25-14-11-17(12-15-25)22(28)31-4-2/h6-10,16-17H,3-5,11-15H2,1-2H3. The molecule has 9 nitrogen and oxygen atoms in total. The summed E-state index contributed by atoms with van der Waals surface area (Å²) >= 11 is 0. The van der Waals surface area contributed by atoms with Crippen LogP contribution in [-0.2, 0) is 9.53 Å². The zero-order valence-electron chi connectivity index (χ0n) is 18.1. The largest absolute Gasteiger partial charge is 0.466 e. The Morgan fingerprint density at radius 1 is 1.23 bits per heavy atom. The summed E-state index contributed by atoms with van der Waals surface area (Å²) in [5, 5.41) is 12.2. The number of piperidine rings is 1. The molecule has 1 fully saturated rings. The number of para-hydroxylation sites is 1. The summed E-state index contributed by atoms with van der Waals surface area (Å²) in [4.78, 5) is 36.2. The van der Waals surface area contributed by atoms with Crippen LogP contribution in [0.2, 0.25) is 0 Å². The number of aromatic nitrogens is 2. The van der Waals surface area contributed by atoms with E-state index in [4.69, 9.17) is 4.74 Å². The van der Waals surface area contributed by atoms with Crippen molar-refractivity contribution < 1.29 is 14.5 Å². The van der Waals surface area contributed by atoms with E-state index in [1.165, 1.54) is 6.33 Å². The Morgan fingerprint density at radius 3 is 2.55 bits per heavy atom. The highest BCUT2D eigenvalue weighted by Gasteiger charge is 2.34. The van der Waals surface area contributed by atoms with Gasteiger partial charge in [0.1, 0.15) is 6.33 Å². The summed E-state index contributed by atoms with van der Waals surface area (Å²) < 4.78 is 5.12. The summed E-state index contributed by atoms with van der Waals surface area (Å²) in [6.45, 7) is 5.84. The number of carbonyl (C=O) groups excluding carboxylic acids is 1. The van der Waals surface area contributed by atoms with Crippen molar-refractivity contribution in [2.75, 3.05) is 36.0 Å². The van der Waals surface area contributed by atoms with Crippen LogP contribution in [0.4, 0.5) is 23.0 Å². The normalized spacial score (nSPS) is 14.3. The highest BCUT2D eigenvalue weighted by molar-refractivity contribution is 5.77. The maximum atomic E-state index is 12.2. The third-order valence-electron chi connectivity index (χ3n) is 5.44. The molecule has 2 heterocycles. The number of benzene rings is 1. The topological polar surface area (TPSA) is 102 Å². The van der Waals surface area contributed by atoms with Crippen molar-refractivity contribution in [2.45, 2.75) is 39.5 Å². The molecule has 0 unspecified atom stereocenters. The lowest BCUT2D eigenvalue weighted by Gasteiger charge is -2.32. The smallest absolute Gasteiger partial charge is 0.353 e. The van der Waals surface area contributed by atoms with Crippen molar-refractivity contribution in [3.8, 4) is 0 Å². The van der Waals surface area contributed by atoms with E-state index >= 15 is 0 Å². The number of hydrogen-bond acceptors (Lipinski definition) is 8. The van der Waals surface area contributed by atoms with E-state index in [0.717, 1.165) is 18.5 Å². The molecule has 3 rings (SSSR count). The fourth-order valence-corrected chi connectivity index (χ4v) is 3.82. The van der Waals surface area contributed by atoms with E-state index < -0.39 is 4.92 Å². The summed E-state index contributed by atoms with van der Waals surface area (Å²) in [7, 11) is 0. The van der Waals surface area contributed by atoms with E-state index in [1.54, 1.807) is 6.92 Å². The molecular formula is C22H29N5O4. The van der Waals surface area contributed by atoms with Crippen LogP contribution in [0.5, 0.6) is 0 Å². The number of nitrogens with zero attached hydrogens (tertiary/aromatic N) is 5. The quantitative estimate of drug-likeness (QED) is 0.335. The first-order chi connectivity index (χ1) is 15.1. The highest BCUT2D eigenvalue weighted by Crippen LogP contribution is 2.38. The molecule has 0 bridgehead atoms. The van der Waals surface area contributed by atoms with Crippen LogP contribution < -0.4 is 9.80 Å². The molecule has 0 atom stereocenters. The summed E-state index contributed by atoms with van der Waals surface area (Å²) in [5.74, 6) is 0.216. The number of hydrogen-bond donors (Lipinski definition) is 0. The van der Waals surface area contributed by atoms with Gasteiger partial charge < -0.3 is 14.5 Å². The van der Waals surface area contributed by atoms with Gasteiger partial charge in [-0.25, -0.2) is 9.97 Å². The van der Waals surface area contributed by atoms with Gasteiger partial charge in [0.25, 0.3) is 0 Å². The van der Waals surface area contributed by atoms with Crippen molar-refractivity contribution in [1.82, 2.24) is 9.97 Å². The van der Waals surface area contributed by atoms with Crippen molar-refractivity contribution >= 4 is 29.0 Å². The molecule has 0 aliphatic carbocycles. The minimum atomic E-state index is -0.399. The van der Waals surface area contributed by atoms with Crippen LogP contribution in [0.3, 0.4) is 0 Å². The van der Waals surface area contributed by atoms with Crippen LogP contribution in [0.1, 0.15) is 39.5 Å². The summed E-state index contributed by atoms with van der Waals surface area (Å²) in [5.41, 5.74) is 0.752. The van der Waals surface area contributed by atoms with Gasteiger partial charge in [-0.3, -0.25) is 14.9 Å². The number of ether oxygens (including phenoxy) is 1. The van der Waals surface area contributed by atoms with E-state index in [1.807, 2.05) is 40.1 Å². The van der Waals surface area contributed by atoms with Gasteiger partial charge in [0.2, 0.25) is 11.6 Å². The number of carbonyl (C=O) groups is 1. The Balaban J connectivity index is 1.92. The predicted molar refractivity (Wildman–Crippen MR) is 119 cm³/mol. The lowest BCUT2D eigenvalue weighted by atomic mass is 9.97. The molecule has 31 heavy (non-hydrogen) atoms. The molecule has 0 spiro atoms. The first-order valence-corrected chi connectivity index (χ1v) is 10.8. The number of anilines is 3. The summed E-state index contributed by atoms with van der Waals surface area (Å²) in [6, 6.07) is 9.57. The minimum absolute atomic E-state index is 0.1000. The lowest BCUT2D eigenvalue weighted by molar-refractivity contribution is -0.383. The maximum absolute atomic E-state index is 12.2. The second-order valence-electron chi connectivity index (χ2n) is 7.48. The van der Waals surface area contributed by atoms with Crippen molar-refractivity contribution in [2.24, 2.45) is 5.92 Å². The van der Waals surface area contributed by atoms with Crippen LogP contribution in [0.15, 0.2) is 36.7 Å². The Bertz CT molecular complexity index is 885. The number of nitro groups is 1. The average Bonchev–Trinajstić information content (AvgIpc) is 2.80. The van der Waals surface area contributed by atoms with Crippen molar-refractivity contribution in [1.29, 1.82) is 0 Å². The molecule has 9 heteroatoms. The maximum Gasteiger partial charge on any atom is 0.353 e. The molecule has 1 aromatic heterocycles. The Kier molecular flexibility index (Phi) is 7.75. The predicted octanol–water partition coefficient (Wildman–Crippen LogP) is 4.10. The number of esters is 1. The van der Waals surface area contributed by atoms with Crippen LogP contribution >= 0.6 is 0 Å². The van der Waals surface area contributed by atoms with E-state index in [2.05, 4.69) is 16.9 Å². The summed E-state index contributed by atoms with van der Waals surface area (Å²) in [6.07, 6.45) is 4.37. The third kappa shape index (κ3) is 5.28. The molecule has 1 aliphatic heterocycles. The molecular weight excluding hydrogens is 398 g/mol. The average molecular weight is 428 g/mol. The Morgan fingerprint density at radius 2 is 1.94 bits per heavy atom. The molecule has 1 aromatic carbocycles. The Hall–Kier alpha value is -3.23. The van der Waals surface area contributed by atoms with E-state index in [9.17, 15) is 14.9 Å². The van der Waals surface area contributed by atoms with Gasteiger partial charge in [-0.1, -0.05) is 31.5 Å². The molecule has 0 saturated carbocycles. The second-order valence-corrected chi connectivity index (χ2v) is 7.48. The molecule has 0 radical (unpaired) electrons.